The monoisotopic (exact) mass is 509 g/mol. The quantitative estimate of drug-likeness (QED) is 0.0979. The van der Waals surface area contributed by atoms with Gasteiger partial charge in [0.05, 0.1) is 0 Å². The topological polar surface area (TPSA) is 37.3 Å². The Hall–Kier alpha value is -0.370. The molecule has 1 atom stereocenters. The lowest BCUT2D eigenvalue weighted by Crippen LogP contribution is -2.38. The van der Waals surface area contributed by atoms with E-state index in [2.05, 4.69) is 20.8 Å². The van der Waals surface area contributed by atoms with Crippen molar-refractivity contribution in [2.45, 2.75) is 213 Å². The zero-order valence-electron chi connectivity index (χ0n) is 25.4. The lowest BCUT2D eigenvalue weighted by atomic mass is 9.84. The molecule has 36 heavy (non-hydrogen) atoms. The molecule has 0 spiro atoms. The van der Waals surface area contributed by atoms with Crippen LogP contribution in [0.2, 0.25) is 0 Å². The fraction of sp³-hybridized carbons (Fsp3) is 0.971. The average molecular weight is 509 g/mol. The van der Waals surface area contributed by atoms with E-state index in [1.165, 1.54) is 128 Å². The van der Waals surface area contributed by atoms with Gasteiger partial charge >= 0.3 is 0 Å². The van der Waals surface area contributed by atoms with E-state index >= 15 is 0 Å². The maximum Gasteiger partial charge on any atom is 0.164 e. The number of unbranched alkanes of at least 4 members (excludes halogenated alkanes) is 23. The van der Waals surface area contributed by atoms with Crippen molar-refractivity contribution < 1.29 is 9.90 Å². The van der Waals surface area contributed by atoms with Crippen LogP contribution in [0.5, 0.6) is 0 Å². The van der Waals surface area contributed by atoms with Crippen molar-refractivity contribution in [1.82, 2.24) is 0 Å². The minimum Gasteiger partial charge on any atom is -0.382 e. The second kappa shape index (κ2) is 27.7. The summed E-state index contributed by atoms with van der Waals surface area (Å²) in [6, 6.07) is 0. The number of rotatable bonds is 30. The van der Waals surface area contributed by atoms with Gasteiger partial charge in [0.25, 0.3) is 0 Å². The van der Waals surface area contributed by atoms with Gasteiger partial charge in [0.15, 0.2) is 5.78 Å². The third-order valence-corrected chi connectivity index (χ3v) is 8.16. The Kier molecular flexibility index (Phi) is 27.4. The number of aliphatic hydroxyl groups is 1. The van der Waals surface area contributed by atoms with Gasteiger partial charge in [-0.2, -0.15) is 0 Å². The van der Waals surface area contributed by atoms with Crippen molar-refractivity contribution in [2.75, 3.05) is 0 Å². The van der Waals surface area contributed by atoms with E-state index in [0.717, 1.165) is 38.5 Å². The van der Waals surface area contributed by atoms with Crippen molar-refractivity contribution in [3.63, 3.8) is 0 Å². The Morgan fingerprint density at radius 3 is 0.972 bits per heavy atom. The van der Waals surface area contributed by atoms with Crippen molar-refractivity contribution in [1.29, 1.82) is 0 Å². The molecule has 0 bridgehead atoms. The molecule has 1 N–H and O–H groups in total. The first-order valence-electron chi connectivity index (χ1n) is 16.9. The van der Waals surface area contributed by atoms with E-state index in [4.69, 9.17) is 0 Å². The van der Waals surface area contributed by atoms with Crippen molar-refractivity contribution in [2.24, 2.45) is 0 Å². The van der Waals surface area contributed by atoms with Crippen molar-refractivity contribution in [3.8, 4) is 0 Å². The summed E-state index contributed by atoms with van der Waals surface area (Å²) in [6.07, 6.45) is 35.0. The lowest BCUT2D eigenvalue weighted by molar-refractivity contribution is -0.139. The normalized spacial score (nSPS) is 13.2. The zero-order chi connectivity index (χ0) is 26.6. The summed E-state index contributed by atoms with van der Waals surface area (Å²) in [6.45, 7) is 6.79. The van der Waals surface area contributed by atoms with Gasteiger partial charge in [0, 0.05) is 6.42 Å². The second-order valence-corrected chi connectivity index (χ2v) is 11.8. The van der Waals surface area contributed by atoms with Crippen LogP contribution in [-0.2, 0) is 4.79 Å². The van der Waals surface area contributed by atoms with Crippen LogP contribution in [-0.4, -0.2) is 16.5 Å². The summed E-state index contributed by atoms with van der Waals surface area (Å²) in [7, 11) is 0. The Labute approximate surface area is 228 Å². The van der Waals surface area contributed by atoms with Crippen LogP contribution in [0.4, 0.5) is 0 Å². The first-order chi connectivity index (χ1) is 17.6. The van der Waals surface area contributed by atoms with E-state index in [9.17, 15) is 9.90 Å². The highest BCUT2D eigenvalue weighted by molar-refractivity contribution is 5.86. The van der Waals surface area contributed by atoms with Gasteiger partial charge in [-0.15, -0.1) is 0 Å². The first kappa shape index (κ1) is 35.6. The van der Waals surface area contributed by atoms with Gasteiger partial charge in [-0.1, -0.05) is 181 Å². The number of carbonyl (C=O) groups excluding carboxylic acids is 1. The molecule has 2 nitrogen and oxygen atoms in total. The van der Waals surface area contributed by atoms with E-state index in [1.54, 1.807) is 0 Å². The van der Waals surface area contributed by atoms with Gasteiger partial charge in [0.1, 0.15) is 5.60 Å². The summed E-state index contributed by atoms with van der Waals surface area (Å²) in [4.78, 5) is 13.1. The summed E-state index contributed by atoms with van der Waals surface area (Å²) < 4.78 is 0. The average Bonchev–Trinajstić information content (AvgIpc) is 2.88. The Morgan fingerprint density at radius 2 is 0.667 bits per heavy atom. The minimum atomic E-state index is -1.05. The summed E-state index contributed by atoms with van der Waals surface area (Å²) in [5, 5.41) is 11.4. The molecule has 0 aliphatic rings. The number of hydrogen-bond acceptors (Lipinski definition) is 2. The van der Waals surface area contributed by atoms with Crippen LogP contribution in [0, 0.1) is 0 Å². The molecule has 0 saturated heterocycles. The molecule has 0 aromatic carbocycles. The minimum absolute atomic E-state index is 0.145. The summed E-state index contributed by atoms with van der Waals surface area (Å²) in [5.74, 6) is 0.145. The number of carbonyl (C=O) groups is 1. The van der Waals surface area contributed by atoms with Gasteiger partial charge in [-0.05, 0) is 19.3 Å². The number of ketones is 1. The Bertz CT molecular complexity index is 446. The maximum atomic E-state index is 13.1. The van der Waals surface area contributed by atoms with Crippen LogP contribution in [0.1, 0.15) is 207 Å². The maximum absolute atomic E-state index is 13.1. The Balaban J connectivity index is 4.16. The summed E-state index contributed by atoms with van der Waals surface area (Å²) in [5.41, 5.74) is -1.05. The zero-order valence-corrected chi connectivity index (χ0v) is 25.4. The van der Waals surface area contributed by atoms with E-state index in [0.29, 0.717) is 19.3 Å². The van der Waals surface area contributed by atoms with Crippen LogP contribution in [0.15, 0.2) is 0 Å². The molecule has 2 heteroatoms. The molecule has 0 aromatic heterocycles. The molecular formula is C34H68O2. The van der Waals surface area contributed by atoms with Crippen LogP contribution in [0.3, 0.4) is 0 Å². The van der Waals surface area contributed by atoms with Crippen LogP contribution >= 0.6 is 0 Å². The standard InChI is InChI=1S/C34H68O2/c1-4-7-10-13-16-18-19-20-22-24-27-30-33(35)34(36,31-28-25-15-12-9-6-3)32-29-26-23-21-17-14-11-8-5-2/h36H,4-32H2,1-3H3. The molecular weight excluding hydrogens is 440 g/mol. The third-order valence-electron chi connectivity index (χ3n) is 8.16. The fourth-order valence-electron chi connectivity index (χ4n) is 5.51. The SMILES string of the molecule is CCCCCCCCCCCCCC(=O)C(O)(CCCCCCCC)CCCCCCCCCCC. The molecule has 0 aromatic rings. The molecule has 0 saturated carbocycles. The van der Waals surface area contributed by atoms with E-state index in [1.807, 2.05) is 0 Å². The van der Waals surface area contributed by atoms with Gasteiger partial charge in [-0.3, -0.25) is 4.79 Å². The summed E-state index contributed by atoms with van der Waals surface area (Å²) >= 11 is 0. The molecule has 1 unspecified atom stereocenters. The van der Waals surface area contributed by atoms with Crippen LogP contribution < -0.4 is 0 Å². The molecule has 0 radical (unpaired) electrons. The second-order valence-electron chi connectivity index (χ2n) is 11.8. The van der Waals surface area contributed by atoms with Crippen molar-refractivity contribution >= 4 is 5.78 Å². The lowest BCUT2D eigenvalue weighted by Gasteiger charge is -2.27. The van der Waals surface area contributed by atoms with Crippen LogP contribution in [0.25, 0.3) is 0 Å². The molecule has 0 heterocycles. The van der Waals surface area contributed by atoms with Gasteiger partial charge < -0.3 is 5.11 Å². The van der Waals surface area contributed by atoms with Gasteiger partial charge in [-0.25, -0.2) is 0 Å². The predicted molar refractivity (Wildman–Crippen MR) is 161 cm³/mol. The predicted octanol–water partition coefficient (Wildman–Crippen LogP) is 11.7. The molecule has 0 aliphatic heterocycles. The van der Waals surface area contributed by atoms with Crippen molar-refractivity contribution in [3.05, 3.63) is 0 Å². The number of hydrogen-bond donors (Lipinski definition) is 1. The first-order valence-corrected chi connectivity index (χ1v) is 16.9. The largest absolute Gasteiger partial charge is 0.382 e. The molecule has 0 aliphatic carbocycles. The Morgan fingerprint density at radius 1 is 0.417 bits per heavy atom. The highest BCUT2D eigenvalue weighted by atomic mass is 16.3. The third kappa shape index (κ3) is 22.8. The fourth-order valence-corrected chi connectivity index (χ4v) is 5.51. The highest BCUT2D eigenvalue weighted by Crippen LogP contribution is 2.27. The number of Topliss-reactive ketones (excluding diaryl/α,β-unsaturated/α-hetero) is 1. The molecule has 0 rings (SSSR count). The van der Waals surface area contributed by atoms with E-state index in [-0.39, 0.29) is 5.78 Å². The highest BCUT2D eigenvalue weighted by Gasteiger charge is 2.33. The molecule has 0 fully saturated rings. The molecule has 0 amide bonds. The van der Waals surface area contributed by atoms with E-state index < -0.39 is 5.60 Å². The smallest absolute Gasteiger partial charge is 0.164 e. The van der Waals surface area contributed by atoms with Gasteiger partial charge in [0.2, 0.25) is 0 Å². The molecule has 216 valence electrons.